The molecule has 1 aromatic carbocycles. The van der Waals surface area contributed by atoms with Crippen molar-refractivity contribution in [2.75, 3.05) is 18.2 Å². The van der Waals surface area contributed by atoms with Crippen molar-refractivity contribution in [2.24, 2.45) is 0 Å². The van der Waals surface area contributed by atoms with Crippen LogP contribution >= 0.6 is 23.4 Å². The highest BCUT2D eigenvalue weighted by Crippen LogP contribution is 2.24. The van der Waals surface area contributed by atoms with Crippen molar-refractivity contribution in [2.45, 2.75) is 18.6 Å². The maximum Gasteiger partial charge on any atom is 0.337 e. The van der Waals surface area contributed by atoms with Gasteiger partial charge in [0.05, 0.1) is 29.1 Å². The molecule has 0 aliphatic rings. The fraction of sp³-hybridized carbons (Fsp3) is 0.286. The molecule has 0 spiro atoms. The highest BCUT2D eigenvalue weighted by molar-refractivity contribution is 7.99. The quantitative estimate of drug-likeness (QED) is 0.628. The molecule has 0 saturated carbocycles. The number of carbonyl (C=O) groups excluding carboxylic acids is 2. The van der Waals surface area contributed by atoms with Crippen molar-refractivity contribution in [3.8, 4) is 0 Å². The third kappa shape index (κ3) is 4.70. The zero-order valence-electron chi connectivity index (χ0n) is 12.5. The highest BCUT2D eigenvalue weighted by Gasteiger charge is 2.13. The predicted octanol–water partition coefficient (Wildman–Crippen LogP) is 2.80. The van der Waals surface area contributed by atoms with E-state index < -0.39 is 5.97 Å². The topological polar surface area (TPSA) is 94.3 Å². The number of methoxy groups -OCH3 is 1. The molecule has 0 bridgehead atoms. The number of ether oxygens (including phenoxy) is 1. The smallest absolute Gasteiger partial charge is 0.337 e. The fourth-order valence-electron chi connectivity index (χ4n) is 1.62. The second kappa shape index (κ2) is 7.98. The Morgan fingerprint density at radius 2 is 2.17 bits per heavy atom. The predicted molar refractivity (Wildman–Crippen MR) is 85.8 cm³/mol. The molecule has 23 heavy (non-hydrogen) atoms. The molecule has 2 aromatic rings. The van der Waals surface area contributed by atoms with Gasteiger partial charge in [0.15, 0.2) is 0 Å². The van der Waals surface area contributed by atoms with Gasteiger partial charge in [-0.25, -0.2) is 4.79 Å². The molecule has 0 aliphatic carbocycles. The molecule has 122 valence electrons. The molecule has 0 radical (unpaired) electrons. The van der Waals surface area contributed by atoms with Crippen LogP contribution in [0.5, 0.6) is 0 Å². The van der Waals surface area contributed by atoms with E-state index in [1.807, 2.05) is 6.92 Å². The lowest BCUT2D eigenvalue weighted by atomic mass is 10.2. The lowest BCUT2D eigenvalue weighted by Crippen LogP contribution is -2.15. The van der Waals surface area contributed by atoms with Gasteiger partial charge in [-0.15, -0.1) is 10.2 Å². The van der Waals surface area contributed by atoms with Crippen LogP contribution in [0.15, 0.2) is 27.8 Å². The molecule has 0 unspecified atom stereocenters. The third-order valence-corrected chi connectivity index (χ3v) is 3.89. The van der Waals surface area contributed by atoms with Crippen LogP contribution in [0, 0.1) is 0 Å². The zero-order valence-corrected chi connectivity index (χ0v) is 14.0. The van der Waals surface area contributed by atoms with E-state index in [4.69, 9.17) is 16.0 Å². The summed E-state index contributed by atoms with van der Waals surface area (Å²) in [6, 6.07) is 4.49. The number of esters is 1. The standard InChI is InChI=1S/C14H14ClN3O4S/c1-3-12-17-18-14(22-12)23-7-11(19)16-10-6-8(13(20)21-2)4-5-9(10)15/h4-6H,3,7H2,1-2H3,(H,16,19). The van der Waals surface area contributed by atoms with Gasteiger partial charge in [-0.3, -0.25) is 4.79 Å². The fourth-order valence-corrected chi connectivity index (χ4v) is 2.36. The van der Waals surface area contributed by atoms with Gasteiger partial charge in [-0.05, 0) is 18.2 Å². The Hall–Kier alpha value is -2.06. The number of benzene rings is 1. The van der Waals surface area contributed by atoms with Gasteiger partial charge in [0.2, 0.25) is 11.8 Å². The lowest BCUT2D eigenvalue weighted by Gasteiger charge is -2.08. The number of carbonyl (C=O) groups is 2. The summed E-state index contributed by atoms with van der Waals surface area (Å²) < 4.78 is 9.92. The summed E-state index contributed by atoms with van der Waals surface area (Å²) in [5, 5.41) is 10.9. The van der Waals surface area contributed by atoms with Gasteiger partial charge >= 0.3 is 5.97 Å². The Kier molecular flexibility index (Phi) is 6.00. The lowest BCUT2D eigenvalue weighted by molar-refractivity contribution is -0.113. The number of amides is 1. The second-order valence-electron chi connectivity index (χ2n) is 4.34. The summed E-state index contributed by atoms with van der Waals surface area (Å²) in [6.07, 6.45) is 0.635. The van der Waals surface area contributed by atoms with E-state index in [-0.39, 0.29) is 11.7 Å². The van der Waals surface area contributed by atoms with Crippen molar-refractivity contribution in [1.29, 1.82) is 0 Å². The minimum atomic E-state index is -0.510. The van der Waals surface area contributed by atoms with Crippen molar-refractivity contribution in [3.05, 3.63) is 34.7 Å². The molecule has 2 rings (SSSR count). The van der Waals surface area contributed by atoms with E-state index in [1.165, 1.54) is 25.3 Å². The van der Waals surface area contributed by atoms with E-state index in [2.05, 4.69) is 20.3 Å². The van der Waals surface area contributed by atoms with Crippen LogP contribution < -0.4 is 5.32 Å². The first-order chi connectivity index (χ1) is 11.0. The summed E-state index contributed by atoms with van der Waals surface area (Å²) >= 11 is 7.13. The van der Waals surface area contributed by atoms with Crippen LogP contribution in [0.1, 0.15) is 23.2 Å². The minimum absolute atomic E-state index is 0.0735. The van der Waals surface area contributed by atoms with Gasteiger partial charge in [0.1, 0.15) is 0 Å². The maximum atomic E-state index is 12.0. The Labute approximate surface area is 141 Å². The van der Waals surface area contributed by atoms with Crippen LogP contribution in [-0.4, -0.2) is 34.9 Å². The molecule has 1 heterocycles. The molecule has 7 nitrogen and oxygen atoms in total. The van der Waals surface area contributed by atoms with Crippen molar-refractivity contribution in [1.82, 2.24) is 10.2 Å². The Morgan fingerprint density at radius 3 is 2.83 bits per heavy atom. The second-order valence-corrected chi connectivity index (χ2v) is 5.67. The molecule has 0 fully saturated rings. The SMILES string of the molecule is CCc1nnc(SCC(=O)Nc2cc(C(=O)OC)ccc2Cl)o1. The summed E-state index contributed by atoms with van der Waals surface area (Å²) in [5.74, 6) is -0.231. The van der Waals surface area contributed by atoms with Crippen molar-refractivity contribution >= 4 is 40.9 Å². The first kappa shape index (κ1) is 17.3. The normalized spacial score (nSPS) is 10.4. The molecule has 0 aliphatic heterocycles. The molecular weight excluding hydrogens is 342 g/mol. The van der Waals surface area contributed by atoms with E-state index >= 15 is 0 Å². The Morgan fingerprint density at radius 1 is 1.39 bits per heavy atom. The molecule has 1 amide bonds. The number of hydrogen-bond acceptors (Lipinski definition) is 7. The summed E-state index contributed by atoms with van der Waals surface area (Å²) in [6.45, 7) is 1.89. The van der Waals surface area contributed by atoms with Gasteiger partial charge in [-0.2, -0.15) is 0 Å². The largest absolute Gasteiger partial charge is 0.465 e. The van der Waals surface area contributed by atoms with Crippen LogP contribution in [0.25, 0.3) is 0 Å². The van der Waals surface area contributed by atoms with Crippen LogP contribution in [0.2, 0.25) is 5.02 Å². The van der Waals surface area contributed by atoms with Gasteiger partial charge in [-0.1, -0.05) is 30.3 Å². The van der Waals surface area contributed by atoms with E-state index in [9.17, 15) is 9.59 Å². The van der Waals surface area contributed by atoms with E-state index in [1.54, 1.807) is 0 Å². The van der Waals surface area contributed by atoms with Gasteiger partial charge in [0, 0.05) is 6.42 Å². The average molecular weight is 356 g/mol. The molecule has 9 heteroatoms. The van der Waals surface area contributed by atoms with Crippen molar-refractivity contribution < 1.29 is 18.7 Å². The summed E-state index contributed by atoms with van der Waals surface area (Å²) in [4.78, 5) is 23.5. The number of hydrogen-bond donors (Lipinski definition) is 1. The monoisotopic (exact) mass is 355 g/mol. The van der Waals surface area contributed by atoms with Crippen molar-refractivity contribution in [3.63, 3.8) is 0 Å². The first-order valence-corrected chi connectivity index (χ1v) is 8.02. The number of anilines is 1. The number of nitrogens with one attached hydrogen (secondary N) is 1. The minimum Gasteiger partial charge on any atom is -0.465 e. The molecule has 0 atom stereocenters. The van der Waals surface area contributed by atoms with Crippen LogP contribution in [0.4, 0.5) is 5.69 Å². The summed E-state index contributed by atoms with van der Waals surface area (Å²) in [5.41, 5.74) is 0.629. The average Bonchev–Trinajstić information content (AvgIpc) is 3.02. The Balaban J connectivity index is 1.98. The Bertz CT molecular complexity index is 720. The van der Waals surface area contributed by atoms with E-state index in [0.717, 1.165) is 11.8 Å². The number of nitrogens with zero attached hydrogens (tertiary/aromatic N) is 2. The van der Waals surface area contributed by atoms with E-state index in [0.29, 0.717) is 33.8 Å². The number of aryl methyl sites for hydroxylation is 1. The number of rotatable bonds is 6. The van der Waals surface area contributed by atoms with Gasteiger partial charge in [0.25, 0.3) is 5.22 Å². The maximum absolute atomic E-state index is 12.0. The number of halogens is 1. The molecule has 0 saturated heterocycles. The summed E-state index contributed by atoms with van der Waals surface area (Å²) in [7, 11) is 1.28. The zero-order chi connectivity index (χ0) is 16.8. The van der Waals surface area contributed by atoms with Crippen LogP contribution in [-0.2, 0) is 16.0 Å². The number of aromatic nitrogens is 2. The molecule has 1 N–H and O–H groups in total. The highest BCUT2D eigenvalue weighted by atomic mass is 35.5. The molecular formula is C14H14ClN3O4S. The van der Waals surface area contributed by atoms with Crippen LogP contribution in [0.3, 0.4) is 0 Å². The third-order valence-electron chi connectivity index (χ3n) is 2.74. The molecule has 1 aromatic heterocycles. The van der Waals surface area contributed by atoms with Gasteiger partial charge < -0.3 is 14.5 Å². The number of thioether (sulfide) groups is 1. The first-order valence-electron chi connectivity index (χ1n) is 6.66.